The maximum atomic E-state index is 2.12. The monoisotopic (exact) mass is 959 g/mol. The zero-order valence-electron chi connectivity index (χ0n) is 9.64. The molecule has 0 fully saturated rings. The van der Waals surface area contributed by atoms with E-state index in [4.69, 9.17) is 0 Å². The van der Waals surface area contributed by atoms with Crippen LogP contribution in [-0.2, 0) is 327 Å². The van der Waals surface area contributed by atoms with Gasteiger partial charge in [0, 0.05) is 327 Å². The fraction of sp³-hybridized carbons (Fsp3) is 0.600. The fourth-order valence-corrected chi connectivity index (χ4v) is 0.236. The van der Waals surface area contributed by atoms with E-state index in [1.807, 2.05) is 0 Å². The predicted molar refractivity (Wildman–Crippen MR) is 24.6 cm³/mol. The first-order chi connectivity index (χ1) is 2.41. The Morgan fingerprint density at radius 2 is 0.600 bits per heavy atom. The van der Waals surface area contributed by atoms with Gasteiger partial charge in [-0.3, -0.25) is 0 Å². The molecule has 0 heterocycles. The van der Waals surface area contributed by atoms with Crippen LogP contribution in [0.15, 0.2) is 0 Å². The van der Waals surface area contributed by atoms with E-state index < -0.39 is 0 Å². The van der Waals surface area contributed by atoms with Crippen molar-refractivity contribution in [1.29, 1.82) is 0 Å². The molecule has 0 aliphatic heterocycles. The Morgan fingerprint density at radius 1 is 0.467 bits per heavy atom. The summed E-state index contributed by atoms with van der Waals surface area (Å²) in [5, 5.41) is 0. The van der Waals surface area contributed by atoms with E-state index in [9.17, 15) is 0 Å². The van der Waals surface area contributed by atoms with Crippen LogP contribution in [0.1, 0.15) is 20.3 Å². The molecule has 0 bridgehead atoms. The molecule has 0 unspecified atom stereocenters. The van der Waals surface area contributed by atoms with E-state index in [1.165, 1.54) is 0 Å². The van der Waals surface area contributed by atoms with Gasteiger partial charge in [0.25, 0.3) is 0 Å². The summed E-state index contributed by atoms with van der Waals surface area (Å²) in [5.41, 5.74) is 0. The van der Waals surface area contributed by atoms with Gasteiger partial charge in [-0.05, 0) is 0 Å². The van der Waals surface area contributed by atoms with Gasteiger partial charge in [-0.2, -0.15) is 13.8 Å². The van der Waals surface area contributed by atoms with E-state index in [-0.39, 0.29) is 327 Å². The van der Waals surface area contributed by atoms with Crippen molar-refractivity contribution in [2.45, 2.75) is 20.3 Å². The first-order valence-electron chi connectivity index (χ1n) is 1.97. The second kappa shape index (κ2) is 73.4. The zero-order valence-corrected chi connectivity index (χ0v) is 38.0. The Bertz CT molecular complexity index is 21.3. The van der Waals surface area contributed by atoms with Gasteiger partial charge >= 0.3 is 0 Å². The van der Waals surface area contributed by atoms with E-state index in [0.29, 0.717) is 0 Å². The zero-order chi connectivity index (χ0) is 4.12. The Labute approximate surface area is 348 Å². The summed E-state index contributed by atoms with van der Waals surface area (Å²) in [6, 6.07) is 0. The molecule has 0 spiro atoms. The number of hydrogen-bond donors (Lipinski definition) is 0. The van der Waals surface area contributed by atoms with E-state index in [0.717, 1.165) is 6.42 Å². The molecule has 0 aromatic carbocycles. The molecule has 0 aliphatic rings. The first kappa shape index (κ1) is 72.2. The van der Waals surface area contributed by atoms with Crippen molar-refractivity contribution in [3.05, 3.63) is 12.8 Å². The Morgan fingerprint density at radius 3 is 0.600 bits per heavy atom. The van der Waals surface area contributed by atoms with Crippen LogP contribution in [0, 0.1) is 12.8 Å². The molecule has 10 heteroatoms. The molecule has 0 nitrogen and oxygen atoms in total. The topological polar surface area (TPSA) is 0 Å². The van der Waals surface area contributed by atoms with Gasteiger partial charge in [0.2, 0.25) is 0 Å². The van der Waals surface area contributed by atoms with Crippen LogP contribution in [0.3, 0.4) is 0 Å². The Balaban J connectivity index is -0.00000000178. The van der Waals surface area contributed by atoms with E-state index in [1.54, 1.807) is 0 Å². The van der Waals surface area contributed by atoms with Crippen LogP contribution >= 0.6 is 0 Å². The molecule has 10 radical (unpaired) electrons. The minimum Gasteiger partial charge on any atom is -0.360 e. The van der Waals surface area contributed by atoms with Gasteiger partial charge in [0.05, 0.1) is 0 Å². The fourth-order valence-electron chi connectivity index (χ4n) is 0.236. The third kappa shape index (κ3) is 78.2. The van der Waals surface area contributed by atoms with Crippen molar-refractivity contribution in [1.82, 2.24) is 0 Å². The summed E-state index contributed by atoms with van der Waals surface area (Å²) in [7, 11) is 0. The van der Waals surface area contributed by atoms with Crippen molar-refractivity contribution in [2.75, 3.05) is 0 Å². The molecular formula is C5H10Y10-2. The normalized spacial score (nSPS) is 2.80. The average molecular weight is 959 g/mol. The van der Waals surface area contributed by atoms with Crippen molar-refractivity contribution in [2.24, 2.45) is 0 Å². The summed E-state index contributed by atoms with van der Waals surface area (Å²) in [4.78, 5) is 0. The summed E-state index contributed by atoms with van der Waals surface area (Å²) < 4.78 is 0. The van der Waals surface area contributed by atoms with Crippen LogP contribution in [0.4, 0.5) is 0 Å². The van der Waals surface area contributed by atoms with Gasteiger partial charge in [-0.15, -0.1) is 0 Å². The van der Waals surface area contributed by atoms with Crippen LogP contribution in [0.2, 0.25) is 0 Å². The summed E-state index contributed by atoms with van der Waals surface area (Å²) in [6.45, 7) is 4.11. The van der Waals surface area contributed by atoms with Crippen LogP contribution in [-0.4, -0.2) is 0 Å². The second-order valence-corrected chi connectivity index (χ2v) is 1.05. The molecule has 0 rings (SSSR count). The number of rotatable bonds is 2. The van der Waals surface area contributed by atoms with Crippen molar-refractivity contribution in [3.63, 3.8) is 0 Å². The number of hydrogen-bond acceptors (Lipinski definition) is 0. The largest absolute Gasteiger partial charge is 0.360 e. The van der Waals surface area contributed by atoms with Crippen molar-refractivity contribution in [3.8, 4) is 0 Å². The van der Waals surface area contributed by atoms with Crippen molar-refractivity contribution >= 4 is 0 Å². The van der Waals surface area contributed by atoms with Crippen LogP contribution in [0.25, 0.3) is 0 Å². The minimum absolute atomic E-state index is 0. The second-order valence-electron chi connectivity index (χ2n) is 1.05. The third-order valence-corrected chi connectivity index (χ3v) is 0.471. The molecule has 0 aromatic rings. The molecule has 0 aromatic heterocycles. The number of unbranched alkanes of at least 4 members (excludes halogenated alkanes) is 2. The molecule has 0 aliphatic carbocycles. The predicted octanol–water partition coefficient (Wildman–Crippen LogP) is 1.80. The van der Waals surface area contributed by atoms with Crippen LogP contribution in [0.5, 0.6) is 0 Å². The smallest absolute Gasteiger partial charge is 0 e. The molecule has 15 heavy (non-hydrogen) atoms. The maximum Gasteiger partial charge on any atom is 0 e. The van der Waals surface area contributed by atoms with Gasteiger partial charge in [-0.25, -0.2) is 0 Å². The van der Waals surface area contributed by atoms with Gasteiger partial charge in [-0.1, -0.05) is 0 Å². The SMILES string of the molecule is C[CH-]C[CH-]C.[Y].[Y].[Y].[Y].[Y].[Y].[Y].[Y].[Y].[Y]. The van der Waals surface area contributed by atoms with Crippen molar-refractivity contribution < 1.29 is 327 Å². The molecule has 62 valence electrons. The molecule has 0 atom stereocenters. The summed E-state index contributed by atoms with van der Waals surface area (Å²) >= 11 is 0. The quantitative estimate of drug-likeness (QED) is 0.372. The first-order valence-corrected chi connectivity index (χ1v) is 1.97. The third-order valence-electron chi connectivity index (χ3n) is 0.471. The van der Waals surface area contributed by atoms with E-state index in [2.05, 4.69) is 26.7 Å². The standard InChI is InChI=1S/C5H10.10Y/c1-3-5-4-2;;;;;;;;;;/h3-4H,5H2,1-2H3;;;;;;;;;;/q-2;;;;;;;;;;. The molecular weight excluding hydrogens is 949 g/mol. The van der Waals surface area contributed by atoms with Gasteiger partial charge in [0.15, 0.2) is 0 Å². The summed E-state index contributed by atoms with van der Waals surface area (Å²) in [6.07, 6.45) is 5.39. The van der Waals surface area contributed by atoms with Crippen LogP contribution < -0.4 is 0 Å². The molecule has 0 amide bonds. The van der Waals surface area contributed by atoms with Gasteiger partial charge in [0.1, 0.15) is 0 Å². The molecule has 0 saturated carbocycles. The van der Waals surface area contributed by atoms with E-state index >= 15 is 0 Å². The minimum atomic E-state index is 0. The molecule has 0 N–H and O–H groups in total. The Kier molecular flexibility index (Phi) is 353. The summed E-state index contributed by atoms with van der Waals surface area (Å²) in [5.74, 6) is 0. The average Bonchev–Trinajstić information content (AvgIpc) is 1.41. The maximum absolute atomic E-state index is 2.12. The molecule has 0 saturated heterocycles. The van der Waals surface area contributed by atoms with Gasteiger partial charge < -0.3 is 19.3 Å². The Hall–Kier alpha value is 11.0.